The lowest BCUT2D eigenvalue weighted by Crippen LogP contribution is -1.90. The molecule has 23 heavy (non-hydrogen) atoms. The minimum Gasteiger partial charge on any atom is -0.392 e. The molecule has 0 spiro atoms. The first-order chi connectivity index (χ1) is 11.0. The van der Waals surface area contributed by atoms with Crippen molar-refractivity contribution in [3.05, 3.63) is 70.5 Å². The van der Waals surface area contributed by atoms with Crippen molar-refractivity contribution in [2.75, 3.05) is 12.9 Å². The Morgan fingerprint density at radius 1 is 1.13 bits per heavy atom. The molecule has 0 heterocycles. The van der Waals surface area contributed by atoms with E-state index in [0.29, 0.717) is 0 Å². The highest BCUT2D eigenvalue weighted by Gasteiger charge is 2.23. The zero-order valence-corrected chi connectivity index (χ0v) is 13.8. The van der Waals surface area contributed by atoms with Crippen LogP contribution in [0.3, 0.4) is 0 Å². The lowest BCUT2D eigenvalue weighted by molar-refractivity contribution is 0.350. The Bertz CT molecular complexity index is 848. The van der Waals surface area contributed by atoms with Gasteiger partial charge in [0.1, 0.15) is 5.82 Å². The normalized spacial score (nSPS) is 16.8. The van der Waals surface area contributed by atoms with E-state index in [4.69, 9.17) is 0 Å². The van der Waals surface area contributed by atoms with Crippen molar-refractivity contribution in [3.63, 3.8) is 0 Å². The molecule has 0 saturated carbocycles. The second kappa shape index (κ2) is 6.22. The smallest absolute Gasteiger partial charge is 0.123 e. The summed E-state index contributed by atoms with van der Waals surface area (Å²) in [6.07, 6.45) is 3.66. The van der Waals surface area contributed by atoms with E-state index in [1.807, 2.05) is 37.3 Å². The van der Waals surface area contributed by atoms with Gasteiger partial charge in [-0.25, -0.2) is 4.39 Å². The fraction of sp³-hybridized carbons (Fsp3) is 0.158. The number of hydrogen-bond donors (Lipinski definition) is 1. The molecular formula is C19H17FO2S. The van der Waals surface area contributed by atoms with E-state index < -0.39 is 10.8 Å². The quantitative estimate of drug-likeness (QED) is 0.928. The zero-order chi connectivity index (χ0) is 16.6. The highest BCUT2D eigenvalue weighted by molar-refractivity contribution is 7.84. The Kier molecular flexibility index (Phi) is 4.28. The molecular weight excluding hydrogens is 311 g/mol. The van der Waals surface area contributed by atoms with Crippen LogP contribution in [0.15, 0.2) is 52.9 Å². The first kappa shape index (κ1) is 15.8. The first-order valence-corrected chi connectivity index (χ1v) is 8.83. The molecule has 1 aliphatic rings. The van der Waals surface area contributed by atoms with E-state index in [9.17, 15) is 13.7 Å². The third-order valence-corrected chi connectivity index (χ3v) is 5.07. The average molecular weight is 328 g/mol. The lowest BCUT2D eigenvalue weighted by atomic mass is 10.0. The summed E-state index contributed by atoms with van der Waals surface area (Å²) in [5.74, 6) is -0.307. The Morgan fingerprint density at radius 2 is 1.83 bits per heavy atom. The van der Waals surface area contributed by atoms with E-state index in [1.165, 1.54) is 12.1 Å². The largest absolute Gasteiger partial charge is 0.392 e. The molecule has 0 saturated heterocycles. The number of benzene rings is 2. The van der Waals surface area contributed by atoms with E-state index in [0.717, 1.165) is 38.3 Å². The number of fused-ring (bicyclic) bond motifs is 1. The van der Waals surface area contributed by atoms with Gasteiger partial charge in [0.05, 0.1) is 6.61 Å². The van der Waals surface area contributed by atoms with Crippen LogP contribution in [0.4, 0.5) is 4.39 Å². The molecule has 1 aliphatic carbocycles. The number of aliphatic hydroxyl groups is 1. The van der Waals surface area contributed by atoms with Crippen LogP contribution in [0.1, 0.15) is 23.6 Å². The van der Waals surface area contributed by atoms with E-state index in [1.54, 1.807) is 12.3 Å². The maximum atomic E-state index is 13.5. The van der Waals surface area contributed by atoms with Crippen molar-refractivity contribution in [1.29, 1.82) is 0 Å². The Balaban J connectivity index is 2.09. The molecule has 0 bridgehead atoms. The van der Waals surface area contributed by atoms with E-state index >= 15 is 0 Å². The van der Waals surface area contributed by atoms with Crippen molar-refractivity contribution in [3.8, 4) is 0 Å². The number of hydrogen-bond acceptors (Lipinski definition) is 2. The lowest BCUT2D eigenvalue weighted by Gasteiger charge is -2.05. The summed E-state index contributed by atoms with van der Waals surface area (Å²) in [6.45, 7) is 1.82. The second-order valence-corrected chi connectivity index (χ2v) is 6.91. The van der Waals surface area contributed by atoms with Crippen LogP contribution < -0.4 is 0 Å². The molecule has 2 aromatic carbocycles. The summed E-state index contributed by atoms with van der Waals surface area (Å²) in [7, 11) is -0.999. The average Bonchev–Trinajstić information content (AvgIpc) is 2.79. The third kappa shape index (κ3) is 2.92. The van der Waals surface area contributed by atoms with Crippen molar-refractivity contribution >= 4 is 28.0 Å². The van der Waals surface area contributed by atoms with Gasteiger partial charge in [0, 0.05) is 22.0 Å². The molecule has 2 aromatic rings. The molecule has 118 valence electrons. The van der Waals surface area contributed by atoms with Crippen molar-refractivity contribution < 1.29 is 13.7 Å². The SMILES string of the molecule is CC1=C(CO)c2cc(F)ccc2/C1=C/c1ccc(S(C)=O)cc1. The summed E-state index contributed by atoms with van der Waals surface area (Å²) in [4.78, 5) is 0.782. The summed E-state index contributed by atoms with van der Waals surface area (Å²) < 4.78 is 25.0. The first-order valence-electron chi connectivity index (χ1n) is 7.27. The molecule has 2 nitrogen and oxygen atoms in total. The van der Waals surface area contributed by atoms with Crippen LogP contribution >= 0.6 is 0 Å². The minimum atomic E-state index is -0.999. The van der Waals surface area contributed by atoms with Gasteiger partial charge in [0.2, 0.25) is 0 Å². The van der Waals surface area contributed by atoms with Gasteiger partial charge in [-0.05, 0) is 70.7 Å². The van der Waals surface area contributed by atoms with Crippen LogP contribution in [-0.2, 0) is 10.8 Å². The standard InChI is InChI=1S/C19H17FO2S/c1-12-17(9-13-3-6-15(7-4-13)23(2)22)16-8-5-14(20)10-18(16)19(12)11-21/h3-10,21H,11H2,1-2H3/b17-9+. The molecule has 1 atom stereocenters. The molecule has 4 heteroatoms. The predicted molar refractivity (Wildman–Crippen MR) is 92.7 cm³/mol. The number of halogens is 1. The summed E-state index contributed by atoms with van der Waals surface area (Å²) in [6, 6.07) is 12.2. The highest BCUT2D eigenvalue weighted by Crippen LogP contribution is 2.42. The Labute approximate surface area is 137 Å². The zero-order valence-electron chi connectivity index (χ0n) is 13.0. The fourth-order valence-corrected chi connectivity index (χ4v) is 3.40. The van der Waals surface area contributed by atoms with Gasteiger partial charge in [-0.1, -0.05) is 18.2 Å². The maximum Gasteiger partial charge on any atom is 0.123 e. The van der Waals surface area contributed by atoms with E-state index in [2.05, 4.69) is 0 Å². The topological polar surface area (TPSA) is 37.3 Å². The highest BCUT2D eigenvalue weighted by atomic mass is 32.2. The van der Waals surface area contributed by atoms with Gasteiger partial charge in [-0.15, -0.1) is 0 Å². The Hall–Kier alpha value is -2.04. The van der Waals surface area contributed by atoms with Gasteiger partial charge >= 0.3 is 0 Å². The van der Waals surface area contributed by atoms with E-state index in [-0.39, 0.29) is 12.4 Å². The van der Waals surface area contributed by atoms with Crippen molar-refractivity contribution in [2.45, 2.75) is 11.8 Å². The molecule has 1 N–H and O–H groups in total. The summed E-state index contributed by atoms with van der Waals surface area (Å²) >= 11 is 0. The number of aliphatic hydroxyl groups excluding tert-OH is 1. The van der Waals surface area contributed by atoms with Crippen molar-refractivity contribution in [2.24, 2.45) is 0 Å². The van der Waals surface area contributed by atoms with Gasteiger partial charge < -0.3 is 5.11 Å². The molecule has 0 radical (unpaired) electrons. The molecule has 0 aliphatic heterocycles. The predicted octanol–water partition coefficient (Wildman–Crippen LogP) is 3.88. The monoisotopic (exact) mass is 328 g/mol. The number of rotatable bonds is 3. The van der Waals surface area contributed by atoms with Gasteiger partial charge in [-0.3, -0.25) is 4.21 Å². The third-order valence-electron chi connectivity index (χ3n) is 4.13. The van der Waals surface area contributed by atoms with Crippen molar-refractivity contribution in [1.82, 2.24) is 0 Å². The van der Waals surface area contributed by atoms with Gasteiger partial charge in [0.25, 0.3) is 0 Å². The molecule has 1 unspecified atom stereocenters. The fourth-order valence-electron chi connectivity index (χ4n) is 2.88. The molecule has 0 amide bonds. The molecule has 3 rings (SSSR count). The Morgan fingerprint density at radius 3 is 2.43 bits per heavy atom. The molecule has 0 fully saturated rings. The van der Waals surface area contributed by atoms with Crippen LogP contribution in [-0.4, -0.2) is 22.2 Å². The van der Waals surface area contributed by atoms with Crippen LogP contribution in [0, 0.1) is 5.82 Å². The van der Waals surface area contributed by atoms with Gasteiger partial charge in [0.15, 0.2) is 0 Å². The molecule has 0 aromatic heterocycles. The maximum absolute atomic E-state index is 13.5. The summed E-state index contributed by atoms with van der Waals surface area (Å²) in [5.41, 5.74) is 5.35. The summed E-state index contributed by atoms with van der Waals surface area (Å²) in [5, 5.41) is 9.61. The van der Waals surface area contributed by atoms with Crippen LogP contribution in [0.5, 0.6) is 0 Å². The second-order valence-electron chi connectivity index (χ2n) is 5.53. The minimum absolute atomic E-state index is 0.118. The number of allylic oxidation sites excluding steroid dienone is 2. The van der Waals surface area contributed by atoms with Crippen LogP contribution in [0.2, 0.25) is 0 Å². The van der Waals surface area contributed by atoms with Gasteiger partial charge in [-0.2, -0.15) is 0 Å². The van der Waals surface area contributed by atoms with Crippen LogP contribution in [0.25, 0.3) is 17.2 Å².